The summed E-state index contributed by atoms with van der Waals surface area (Å²) >= 11 is 0. The highest BCUT2D eigenvalue weighted by Crippen LogP contribution is 2.77. The average Bonchev–Trinajstić information content (AvgIpc) is 3.33. The number of fused-ring (bicyclic) bond motifs is 14. The zero-order valence-electron chi connectivity index (χ0n) is 49.6. The molecule has 0 aromatic rings. The van der Waals surface area contributed by atoms with Gasteiger partial charge in [-0.25, -0.2) is 0 Å². The summed E-state index contributed by atoms with van der Waals surface area (Å²) in [6, 6.07) is 0. The topological polar surface area (TPSA) is 132 Å². The Morgan fingerprint density at radius 2 is 0.933 bits per heavy atom. The van der Waals surface area contributed by atoms with Crippen molar-refractivity contribution in [3.05, 3.63) is 48.6 Å². The maximum Gasteiger partial charge on any atom is 0.312 e. The summed E-state index contributed by atoms with van der Waals surface area (Å²) in [5, 5.41) is 10.0. The lowest BCUT2D eigenvalue weighted by Crippen LogP contribution is -2.66. The molecule has 0 bridgehead atoms. The van der Waals surface area contributed by atoms with Gasteiger partial charge in [-0.1, -0.05) is 120 Å². The zero-order chi connectivity index (χ0) is 55.8. The van der Waals surface area contributed by atoms with E-state index in [-0.39, 0.29) is 114 Å². The van der Waals surface area contributed by atoms with E-state index < -0.39 is 16.8 Å². The van der Waals surface area contributed by atoms with Gasteiger partial charge in [-0.3, -0.25) is 28.8 Å². The van der Waals surface area contributed by atoms with Crippen molar-refractivity contribution < 1.29 is 38.6 Å². The molecular formula is C67H100O8. The van der Waals surface area contributed by atoms with Crippen molar-refractivity contribution in [2.45, 2.75) is 226 Å². The van der Waals surface area contributed by atoms with Crippen molar-refractivity contribution in [2.24, 2.45) is 100 Å². The Morgan fingerprint density at radius 3 is 1.31 bits per heavy atom. The molecule has 8 heteroatoms. The first kappa shape index (κ1) is 57.7. The van der Waals surface area contributed by atoms with E-state index in [9.17, 15) is 33.9 Å². The van der Waals surface area contributed by atoms with Crippen LogP contribution in [0.5, 0.6) is 0 Å². The van der Waals surface area contributed by atoms with Gasteiger partial charge in [0.25, 0.3) is 0 Å². The fourth-order valence-electron chi connectivity index (χ4n) is 20.6. The number of hydrogen-bond acceptors (Lipinski definition) is 7. The molecule has 0 amide bonds. The van der Waals surface area contributed by atoms with E-state index in [1.165, 1.54) is 11.1 Å². The van der Waals surface area contributed by atoms with E-state index in [1.54, 1.807) is 6.08 Å². The molecule has 0 saturated heterocycles. The quantitative estimate of drug-likeness (QED) is 0.213. The minimum Gasteiger partial charge on any atom is -0.481 e. The molecule has 8 fully saturated rings. The SMILES string of the molecule is C=CCC.C=CCOC(=O)[C@@]1(C)CC[C@]2(C)CC[C@]3(C)C(=CC(=O)[C@@H]4[C@@]5(C)CCC(=O)C(C)(C)[C@@H]5CC[C@]43C)[C@H]2C1.CC1(C)C(=O)CC[C@]2(C)[C@H]3C(=O)C=C4[C@H]5C[C@@](C)(C(=O)O)CC[C@]5(C)CC[C@@]4(C)[C@]3(C)CC[C@@H]12. The third-order valence-electron chi connectivity index (χ3n) is 26.3. The van der Waals surface area contributed by atoms with Crippen LogP contribution in [0.25, 0.3) is 0 Å². The number of Topliss-reactive ketones (excluding diaryl/α,β-unsaturated/α-hetero) is 2. The van der Waals surface area contributed by atoms with Crippen LogP contribution >= 0.6 is 0 Å². The van der Waals surface area contributed by atoms with Crippen LogP contribution in [0.1, 0.15) is 226 Å². The Morgan fingerprint density at radius 1 is 0.560 bits per heavy atom. The summed E-state index contributed by atoms with van der Waals surface area (Å²) < 4.78 is 5.56. The summed E-state index contributed by atoms with van der Waals surface area (Å²) in [6.45, 7) is 40.9. The summed E-state index contributed by atoms with van der Waals surface area (Å²) in [6.07, 6.45) is 24.6. The molecule has 10 aliphatic rings. The van der Waals surface area contributed by atoms with Gasteiger partial charge in [0.15, 0.2) is 11.6 Å². The summed E-state index contributed by atoms with van der Waals surface area (Å²) in [5.41, 5.74) is -0.0975. The van der Waals surface area contributed by atoms with Crippen LogP contribution in [0.2, 0.25) is 0 Å². The Kier molecular flexibility index (Phi) is 14.3. The van der Waals surface area contributed by atoms with Crippen molar-refractivity contribution in [1.82, 2.24) is 0 Å². The van der Waals surface area contributed by atoms with Crippen LogP contribution in [-0.2, 0) is 33.5 Å². The molecule has 16 atom stereocenters. The van der Waals surface area contributed by atoms with E-state index in [0.717, 1.165) is 103 Å². The minimum atomic E-state index is -0.721. The zero-order valence-corrected chi connectivity index (χ0v) is 49.6. The molecule has 75 heavy (non-hydrogen) atoms. The smallest absolute Gasteiger partial charge is 0.312 e. The average molecular weight is 1030 g/mol. The summed E-state index contributed by atoms with van der Waals surface area (Å²) in [5.74, 6) is 1.12. The number of carboxylic acid groups (broad SMARTS) is 1. The van der Waals surface area contributed by atoms with Crippen LogP contribution < -0.4 is 0 Å². The fourth-order valence-corrected chi connectivity index (χ4v) is 20.6. The van der Waals surface area contributed by atoms with Gasteiger partial charge in [-0.15, -0.1) is 6.58 Å². The van der Waals surface area contributed by atoms with Crippen molar-refractivity contribution >= 4 is 35.1 Å². The van der Waals surface area contributed by atoms with Crippen LogP contribution in [0.3, 0.4) is 0 Å². The standard InChI is InChI=1S/C33H48O4.C30H44O4.C4H8/c1-9-18-37-27(36)30(5)15-14-29(4)16-17-32(7)21(22(29)20-30)19-23(34)26-31(6)12-11-25(35)28(2,3)24(31)10-13-33(26,32)8;1-25(2)21-8-11-30(7)23(28(21,5)10-9-22(25)32)20(31)16-18-19-17-27(4,24(33)34)13-12-26(19,3)14-15-29(18,30)6;1-3-4-2/h9,19,22,24,26H,1,10-18,20H2,2-8H3;16,19,21,23H,8-15,17H2,1-7H3,(H,33,34);3H,1,4H2,2H3/t22-,24+,26-,29-,30+,31+,32-,33-;19-,21+,23-,26-,27+,28+,29-,30-;/m11./s1. The molecule has 1 N–H and O–H groups in total. The molecule has 0 unspecified atom stereocenters. The van der Waals surface area contributed by atoms with E-state index in [1.807, 2.05) is 25.2 Å². The van der Waals surface area contributed by atoms with E-state index in [2.05, 4.69) is 110 Å². The molecule has 10 aliphatic carbocycles. The van der Waals surface area contributed by atoms with Gasteiger partial charge in [0.2, 0.25) is 0 Å². The molecule has 8 saturated carbocycles. The van der Waals surface area contributed by atoms with Crippen LogP contribution in [-0.4, -0.2) is 46.8 Å². The van der Waals surface area contributed by atoms with Crippen LogP contribution in [0, 0.1) is 100 Å². The lowest BCUT2D eigenvalue weighted by Gasteiger charge is -2.69. The lowest BCUT2D eigenvalue weighted by atomic mass is 9.33. The van der Waals surface area contributed by atoms with Crippen molar-refractivity contribution in [1.29, 1.82) is 0 Å². The van der Waals surface area contributed by atoms with Crippen LogP contribution in [0.15, 0.2) is 48.6 Å². The monoisotopic (exact) mass is 1030 g/mol. The largest absolute Gasteiger partial charge is 0.481 e. The first-order chi connectivity index (χ1) is 34.6. The van der Waals surface area contributed by atoms with Crippen molar-refractivity contribution in [3.8, 4) is 0 Å². The Labute approximate surface area is 453 Å². The Bertz CT molecular complexity index is 2490. The highest BCUT2D eigenvalue weighted by atomic mass is 16.5. The molecule has 8 nitrogen and oxygen atoms in total. The molecule has 416 valence electrons. The second-order valence-electron chi connectivity index (χ2n) is 30.7. The van der Waals surface area contributed by atoms with Gasteiger partial charge in [0.1, 0.15) is 18.2 Å². The van der Waals surface area contributed by atoms with Crippen molar-refractivity contribution in [2.75, 3.05) is 6.61 Å². The number of esters is 1. The normalized spacial score (nSPS) is 47.8. The van der Waals surface area contributed by atoms with Crippen LogP contribution in [0.4, 0.5) is 0 Å². The molecule has 0 aromatic carbocycles. The van der Waals surface area contributed by atoms with Gasteiger partial charge in [0.05, 0.1) is 10.8 Å². The molecule has 0 heterocycles. The number of rotatable bonds is 5. The number of ether oxygens (including phenoxy) is 1. The van der Waals surface area contributed by atoms with E-state index in [0.29, 0.717) is 30.8 Å². The fraction of sp³-hybridized carbons (Fsp3) is 0.791. The molecular weight excluding hydrogens is 933 g/mol. The minimum absolute atomic E-state index is 0.0586. The van der Waals surface area contributed by atoms with Gasteiger partial charge in [0, 0.05) is 35.5 Å². The van der Waals surface area contributed by atoms with E-state index in [4.69, 9.17) is 4.74 Å². The summed E-state index contributed by atoms with van der Waals surface area (Å²) in [4.78, 5) is 79.7. The highest BCUT2D eigenvalue weighted by molar-refractivity contribution is 5.97. The maximum atomic E-state index is 14.3. The van der Waals surface area contributed by atoms with Gasteiger partial charge in [-0.2, -0.15) is 0 Å². The third-order valence-corrected chi connectivity index (χ3v) is 26.3. The first-order valence-corrected chi connectivity index (χ1v) is 29.8. The molecule has 0 spiro atoms. The number of hydrogen-bond donors (Lipinski definition) is 1. The lowest BCUT2D eigenvalue weighted by molar-refractivity contribution is -0.188. The first-order valence-electron chi connectivity index (χ1n) is 29.8. The molecule has 0 aromatic heterocycles. The Balaban J connectivity index is 0.000000187. The number of ketones is 4. The number of carbonyl (C=O) groups is 6. The maximum absolute atomic E-state index is 14.3. The number of carboxylic acids is 1. The second kappa shape index (κ2) is 18.6. The third kappa shape index (κ3) is 8.17. The van der Waals surface area contributed by atoms with Gasteiger partial charge >= 0.3 is 11.9 Å². The predicted molar refractivity (Wildman–Crippen MR) is 298 cm³/mol. The van der Waals surface area contributed by atoms with E-state index >= 15 is 0 Å². The predicted octanol–water partition coefficient (Wildman–Crippen LogP) is 15.5. The molecule has 0 aliphatic heterocycles. The van der Waals surface area contributed by atoms with Gasteiger partial charge in [-0.05, 0) is 202 Å². The number of aliphatic carboxylic acids is 1. The molecule has 0 radical (unpaired) electrons. The highest BCUT2D eigenvalue weighted by Gasteiger charge is 2.72. The molecule has 10 rings (SSSR count). The summed E-state index contributed by atoms with van der Waals surface area (Å²) in [7, 11) is 0. The number of allylic oxidation sites excluding steroid dienone is 5. The van der Waals surface area contributed by atoms with Gasteiger partial charge < -0.3 is 9.84 Å². The Hall–Kier alpha value is -3.42. The number of carbonyl (C=O) groups excluding carboxylic acids is 5. The van der Waals surface area contributed by atoms with Crippen molar-refractivity contribution in [3.63, 3.8) is 0 Å². The second-order valence-corrected chi connectivity index (χ2v) is 30.7.